The van der Waals surface area contributed by atoms with E-state index in [0.717, 1.165) is 24.5 Å². The summed E-state index contributed by atoms with van der Waals surface area (Å²) in [6.07, 6.45) is 2.00. The van der Waals surface area contributed by atoms with Crippen molar-refractivity contribution in [1.29, 1.82) is 5.26 Å². The molecule has 0 unspecified atom stereocenters. The van der Waals surface area contributed by atoms with Crippen molar-refractivity contribution in [3.63, 3.8) is 0 Å². The molecular weight excluding hydrogens is 306 g/mol. The van der Waals surface area contributed by atoms with Gasteiger partial charge < -0.3 is 19.9 Å². The molecule has 1 fully saturated rings. The van der Waals surface area contributed by atoms with Crippen LogP contribution in [-0.2, 0) is 11.3 Å². The lowest BCUT2D eigenvalue weighted by Gasteiger charge is -2.32. The Labute approximate surface area is 143 Å². The summed E-state index contributed by atoms with van der Waals surface area (Å²) in [5.41, 5.74) is 0.940. The van der Waals surface area contributed by atoms with Gasteiger partial charge >= 0.3 is 6.03 Å². The number of nitrogens with zero attached hydrogens (tertiary/aromatic N) is 4. The molecule has 0 aromatic carbocycles. The number of ether oxygens (including phenoxy) is 1. The van der Waals surface area contributed by atoms with Crippen molar-refractivity contribution in [3.05, 3.63) is 23.9 Å². The fraction of sp³-hybridized carbons (Fsp3) is 0.588. The Balaban J connectivity index is 1.83. The molecule has 7 nitrogen and oxygen atoms in total. The SMILES string of the molecule is C[C@H](C#N)CN(C)C(=O)NCc1ccc(N2CCO[C@H](C)C2)nc1. The quantitative estimate of drug-likeness (QED) is 0.886. The number of carbonyl (C=O) groups is 1. The topological polar surface area (TPSA) is 81.5 Å². The number of urea groups is 1. The fourth-order valence-electron chi connectivity index (χ4n) is 2.58. The van der Waals surface area contributed by atoms with E-state index in [1.807, 2.05) is 12.1 Å². The molecule has 0 saturated carbocycles. The summed E-state index contributed by atoms with van der Waals surface area (Å²) in [4.78, 5) is 20.2. The number of anilines is 1. The highest BCUT2D eigenvalue weighted by Crippen LogP contribution is 2.15. The number of hydrogen-bond acceptors (Lipinski definition) is 5. The zero-order valence-electron chi connectivity index (χ0n) is 14.5. The van der Waals surface area contributed by atoms with Gasteiger partial charge in [-0.15, -0.1) is 0 Å². The van der Waals surface area contributed by atoms with Crippen LogP contribution in [0.2, 0.25) is 0 Å². The van der Waals surface area contributed by atoms with Gasteiger partial charge in [0.05, 0.1) is 24.7 Å². The van der Waals surface area contributed by atoms with Gasteiger partial charge in [0.2, 0.25) is 0 Å². The molecule has 130 valence electrons. The van der Waals surface area contributed by atoms with Crippen LogP contribution in [-0.4, -0.2) is 55.3 Å². The van der Waals surface area contributed by atoms with Gasteiger partial charge in [-0.25, -0.2) is 9.78 Å². The summed E-state index contributed by atoms with van der Waals surface area (Å²) in [6.45, 7) is 7.07. The second-order valence-corrected chi connectivity index (χ2v) is 6.22. The average Bonchev–Trinajstić information content (AvgIpc) is 2.59. The summed E-state index contributed by atoms with van der Waals surface area (Å²) in [5.74, 6) is 0.748. The van der Waals surface area contributed by atoms with Crippen LogP contribution in [0.15, 0.2) is 18.3 Å². The van der Waals surface area contributed by atoms with E-state index in [-0.39, 0.29) is 18.1 Å². The molecule has 1 aliphatic rings. The van der Waals surface area contributed by atoms with Crippen LogP contribution in [0.3, 0.4) is 0 Å². The van der Waals surface area contributed by atoms with Gasteiger partial charge in [0.1, 0.15) is 5.82 Å². The van der Waals surface area contributed by atoms with E-state index in [1.54, 1.807) is 20.2 Å². The molecule has 0 aliphatic carbocycles. The number of hydrogen-bond donors (Lipinski definition) is 1. The maximum absolute atomic E-state index is 12.0. The smallest absolute Gasteiger partial charge is 0.317 e. The first-order valence-electron chi connectivity index (χ1n) is 8.19. The Morgan fingerprint density at radius 3 is 3.04 bits per heavy atom. The van der Waals surface area contributed by atoms with Gasteiger partial charge in [0.25, 0.3) is 0 Å². The standard InChI is InChI=1S/C17H25N5O2/c1-13(8-18)11-21(3)17(23)20-10-15-4-5-16(19-9-15)22-6-7-24-14(2)12-22/h4-5,9,13-14H,6-7,10-12H2,1-3H3,(H,20,23)/t13-,14-/m1/s1. The molecule has 1 aliphatic heterocycles. The summed E-state index contributed by atoms with van der Waals surface area (Å²) < 4.78 is 5.53. The highest BCUT2D eigenvalue weighted by atomic mass is 16.5. The zero-order chi connectivity index (χ0) is 17.5. The number of morpholine rings is 1. The van der Waals surface area contributed by atoms with Crippen molar-refractivity contribution in [2.75, 3.05) is 38.2 Å². The van der Waals surface area contributed by atoms with Crippen LogP contribution in [0.1, 0.15) is 19.4 Å². The summed E-state index contributed by atoms with van der Waals surface area (Å²) >= 11 is 0. The first-order chi connectivity index (χ1) is 11.5. The predicted octanol–water partition coefficient (Wildman–Crippen LogP) is 1.61. The Kier molecular flexibility index (Phi) is 6.38. The molecule has 1 N–H and O–H groups in total. The van der Waals surface area contributed by atoms with Crippen molar-refractivity contribution >= 4 is 11.8 Å². The van der Waals surface area contributed by atoms with Crippen molar-refractivity contribution in [3.8, 4) is 6.07 Å². The predicted molar refractivity (Wildman–Crippen MR) is 91.5 cm³/mol. The number of carbonyl (C=O) groups excluding carboxylic acids is 1. The number of aromatic nitrogens is 1. The normalized spacial score (nSPS) is 18.6. The largest absolute Gasteiger partial charge is 0.375 e. The third-order valence-corrected chi connectivity index (χ3v) is 3.93. The van der Waals surface area contributed by atoms with Crippen LogP contribution in [0, 0.1) is 17.2 Å². The lowest BCUT2D eigenvalue weighted by atomic mass is 10.2. The molecule has 24 heavy (non-hydrogen) atoms. The van der Waals surface area contributed by atoms with Crippen molar-refractivity contribution < 1.29 is 9.53 Å². The monoisotopic (exact) mass is 331 g/mol. The third kappa shape index (κ3) is 5.10. The maximum Gasteiger partial charge on any atom is 0.317 e. The van der Waals surface area contributed by atoms with Crippen LogP contribution >= 0.6 is 0 Å². The first-order valence-corrected chi connectivity index (χ1v) is 8.19. The molecule has 0 bridgehead atoms. The van der Waals surface area contributed by atoms with Gasteiger partial charge in [0.15, 0.2) is 0 Å². The molecular formula is C17H25N5O2. The minimum Gasteiger partial charge on any atom is -0.375 e. The second-order valence-electron chi connectivity index (χ2n) is 6.22. The number of nitriles is 1. The number of rotatable bonds is 5. The van der Waals surface area contributed by atoms with E-state index >= 15 is 0 Å². The number of pyridine rings is 1. The lowest BCUT2D eigenvalue weighted by molar-refractivity contribution is 0.0529. The Hall–Kier alpha value is -2.33. The highest BCUT2D eigenvalue weighted by molar-refractivity contribution is 5.73. The van der Waals surface area contributed by atoms with Gasteiger partial charge in [-0.05, 0) is 25.5 Å². The van der Waals surface area contributed by atoms with Crippen molar-refractivity contribution in [2.24, 2.45) is 5.92 Å². The molecule has 2 amide bonds. The molecule has 2 heterocycles. The minimum atomic E-state index is -0.191. The molecule has 2 rings (SSSR count). The van der Waals surface area contributed by atoms with Gasteiger partial charge in [0, 0.05) is 39.4 Å². The number of amides is 2. The Morgan fingerprint density at radius 1 is 1.62 bits per heavy atom. The zero-order valence-corrected chi connectivity index (χ0v) is 14.5. The molecule has 1 saturated heterocycles. The first kappa shape index (κ1) is 18.0. The van der Waals surface area contributed by atoms with E-state index < -0.39 is 0 Å². The van der Waals surface area contributed by atoms with Gasteiger partial charge in [-0.1, -0.05) is 6.07 Å². The van der Waals surface area contributed by atoms with Crippen molar-refractivity contribution in [1.82, 2.24) is 15.2 Å². The van der Waals surface area contributed by atoms with E-state index in [9.17, 15) is 4.79 Å². The van der Waals surface area contributed by atoms with Gasteiger partial charge in [-0.3, -0.25) is 0 Å². The molecule has 0 radical (unpaired) electrons. The summed E-state index contributed by atoms with van der Waals surface area (Å²) in [7, 11) is 1.68. The Bertz CT molecular complexity index is 584. The fourth-order valence-corrected chi connectivity index (χ4v) is 2.58. The maximum atomic E-state index is 12.0. The van der Waals surface area contributed by atoms with Crippen LogP contribution in [0.5, 0.6) is 0 Å². The van der Waals surface area contributed by atoms with E-state index in [1.165, 1.54) is 4.90 Å². The van der Waals surface area contributed by atoms with Crippen molar-refractivity contribution in [2.45, 2.75) is 26.5 Å². The summed E-state index contributed by atoms with van der Waals surface area (Å²) in [5, 5.41) is 11.6. The molecule has 7 heteroatoms. The van der Waals surface area contributed by atoms with E-state index in [4.69, 9.17) is 10.00 Å². The second kappa shape index (κ2) is 8.50. The third-order valence-electron chi connectivity index (χ3n) is 3.93. The van der Waals surface area contributed by atoms with Gasteiger partial charge in [-0.2, -0.15) is 5.26 Å². The van der Waals surface area contributed by atoms with Crippen LogP contribution in [0.25, 0.3) is 0 Å². The molecule has 1 aromatic rings. The van der Waals surface area contributed by atoms with E-state index in [0.29, 0.717) is 19.7 Å². The Morgan fingerprint density at radius 2 is 2.42 bits per heavy atom. The summed E-state index contributed by atoms with van der Waals surface area (Å²) in [6, 6.07) is 5.87. The molecule has 0 spiro atoms. The molecule has 1 aromatic heterocycles. The van der Waals surface area contributed by atoms with Crippen LogP contribution in [0.4, 0.5) is 10.6 Å². The van der Waals surface area contributed by atoms with Crippen LogP contribution < -0.4 is 10.2 Å². The van der Waals surface area contributed by atoms with E-state index in [2.05, 4.69) is 28.2 Å². The minimum absolute atomic E-state index is 0.183. The number of nitrogens with one attached hydrogen (secondary N) is 1. The average molecular weight is 331 g/mol. The highest BCUT2D eigenvalue weighted by Gasteiger charge is 2.17. The molecule has 2 atom stereocenters. The lowest BCUT2D eigenvalue weighted by Crippen LogP contribution is -2.41.